The molecule has 5 aromatic carbocycles. The summed E-state index contributed by atoms with van der Waals surface area (Å²) in [6, 6.07) is 33.9. The van der Waals surface area contributed by atoms with E-state index in [1.165, 1.54) is 4.31 Å². The van der Waals surface area contributed by atoms with Gasteiger partial charge in [0.25, 0.3) is 0 Å². The second kappa shape index (κ2) is 22.6. The molecular formula is C57H69N7O9S. The summed E-state index contributed by atoms with van der Waals surface area (Å²) in [7, 11) is 0.394. The van der Waals surface area contributed by atoms with Crippen LogP contribution in [0.5, 0.6) is 17.2 Å². The largest absolute Gasteiger partial charge is 0.497 e. The maximum absolute atomic E-state index is 16.3. The van der Waals surface area contributed by atoms with Crippen molar-refractivity contribution in [1.29, 1.82) is 0 Å². The fourth-order valence-corrected chi connectivity index (χ4v) is 11.4. The maximum Gasteiger partial charge on any atom is 0.410 e. The van der Waals surface area contributed by atoms with Crippen molar-refractivity contribution in [3.63, 3.8) is 0 Å². The Labute approximate surface area is 435 Å². The van der Waals surface area contributed by atoms with Gasteiger partial charge in [-0.3, -0.25) is 0 Å². The van der Waals surface area contributed by atoms with Gasteiger partial charge in [-0.2, -0.15) is 9.10 Å². The van der Waals surface area contributed by atoms with Crippen LogP contribution in [-0.2, 0) is 45.6 Å². The van der Waals surface area contributed by atoms with Gasteiger partial charge in [-0.1, -0.05) is 66.7 Å². The standard InChI is InChI=1S/C57H69N7O9S/c1-56(2,3)72-54(65)58-44-23-15-38(16-24-44)31-49-51(43-36-62(37-43)55(66)73-57(4,5)6)50(74(67,68)63(33-39-17-25-45(69-7)26-18-39)34-40-19-27-46(70-8)28-20-40)32-48(42-13-11-10-12-14-42)52(49)53-59-61-64(60-53)35-41-21-29-47(71-9)30-22-41/h10-14,17-22,25-30,32,38,43-44H,15-16,23-24,31,33-37H2,1-9H3,(H,58,65). The number of hydrogen-bond donors (Lipinski definition) is 1. The van der Waals surface area contributed by atoms with Crippen molar-refractivity contribution in [2.75, 3.05) is 34.4 Å². The molecule has 74 heavy (non-hydrogen) atoms. The van der Waals surface area contributed by atoms with Gasteiger partial charge in [0, 0.05) is 43.7 Å². The van der Waals surface area contributed by atoms with Crippen LogP contribution < -0.4 is 19.5 Å². The molecule has 0 spiro atoms. The molecule has 0 bridgehead atoms. The molecule has 1 aromatic heterocycles. The molecule has 2 heterocycles. The highest BCUT2D eigenvalue weighted by atomic mass is 32.2. The number of amides is 2. The first-order valence-corrected chi connectivity index (χ1v) is 26.6. The highest BCUT2D eigenvalue weighted by Gasteiger charge is 2.42. The van der Waals surface area contributed by atoms with E-state index in [2.05, 4.69) is 10.5 Å². The average Bonchev–Trinajstić information content (AvgIpc) is 3.81. The quantitative estimate of drug-likeness (QED) is 0.0916. The van der Waals surface area contributed by atoms with Crippen LogP contribution in [0.15, 0.2) is 114 Å². The molecule has 2 fully saturated rings. The molecule has 8 rings (SSSR count). The first-order chi connectivity index (χ1) is 35.3. The predicted molar refractivity (Wildman–Crippen MR) is 283 cm³/mol. The molecule has 0 unspecified atom stereocenters. The number of carbonyl (C=O) groups excluding carboxylic acids is 2. The molecule has 2 amide bonds. The van der Waals surface area contributed by atoms with Gasteiger partial charge in [0.2, 0.25) is 15.8 Å². The summed E-state index contributed by atoms with van der Waals surface area (Å²) in [6.45, 7) is 11.8. The van der Waals surface area contributed by atoms with E-state index in [9.17, 15) is 9.59 Å². The van der Waals surface area contributed by atoms with E-state index in [1.807, 2.05) is 145 Å². The van der Waals surface area contributed by atoms with Gasteiger partial charge >= 0.3 is 12.2 Å². The van der Waals surface area contributed by atoms with Crippen LogP contribution in [0.3, 0.4) is 0 Å². The van der Waals surface area contributed by atoms with Crippen molar-refractivity contribution in [2.24, 2.45) is 5.92 Å². The van der Waals surface area contributed by atoms with Crippen molar-refractivity contribution in [1.82, 2.24) is 34.7 Å². The molecule has 1 aliphatic carbocycles. The van der Waals surface area contributed by atoms with E-state index in [4.69, 9.17) is 33.9 Å². The summed E-state index contributed by atoms with van der Waals surface area (Å²) in [5, 5.41) is 17.5. The number of benzene rings is 5. The zero-order chi connectivity index (χ0) is 52.8. The fraction of sp³-hybridized carbons (Fsp3) is 0.421. The highest BCUT2D eigenvalue weighted by molar-refractivity contribution is 7.89. The van der Waals surface area contributed by atoms with Crippen LogP contribution in [0.25, 0.3) is 22.5 Å². The third-order valence-corrected chi connectivity index (χ3v) is 15.2. The molecule has 6 aromatic rings. The third kappa shape index (κ3) is 13.2. The summed E-state index contributed by atoms with van der Waals surface area (Å²) >= 11 is 0. The average molecular weight is 1030 g/mol. The minimum absolute atomic E-state index is 0.0418. The van der Waals surface area contributed by atoms with Crippen LogP contribution in [0.4, 0.5) is 9.59 Å². The number of aromatic nitrogens is 4. The summed E-state index contributed by atoms with van der Waals surface area (Å²) in [5.74, 6) is 2.01. The first-order valence-electron chi connectivity index (χ1n) is 25.2. The Morgan fingerprint density at radius 2 is 1.23 bits per heavy atom. The van der Waals surface area contributed by atoms with Crippen LogP contribution in [0, 0.1) is 5.92 Å². The van der Waals surface area contributed by atoms with Crippen LogP contribution >= 0.6 is 0 Å². The Hall–Kier alpha value is -6.98. The zero-order valence-corrected chi connectivity index (χ0v) is 44.8. The Morgan fingerprint density at radius 3 is 1.74 bits per heavy atom. The van der Waals surface area contributed by atoms with Gasteiger partial charge in [0.15, 0.2) is 0 Å². The van der Waals surface area contributed by atoms with E-state index in [-0.39, 0.29) is 43.0 Å². The molecule has 1 saturated carbocycles. The number of nitrogens with zero attached hydrogens (tertiary/aromatic N) is 6. The zero-order valence-electron chi connectivity index (χ0n) is 44.0. The molecular weight excluding hydrogens is 959 g/mol. The van der Waals surface area contributed by atoms with Crippen molar-refractivity contribution in [2.45, 2.75) is 121 Å². The molecule has 16 nitrogen and oxygen atoms in total. The van der Waals surface area contributed by atoms with Gasteiger partial charge in [0.05, 0.1) is 32.8 Å². The van der Waals surface area contributed by atoms with Gasteiger partial charge in [-0.25, -0.2) is 18.0 Å². The van der Waals surface area contributed by atoms with Crippen LogP contribution in [0.1, 0.15) is 101 Å². The van der Waals surface area contributed by atoms with Gasteiger partial charge in [-0.05, 0) is 166 Å². The summed E-state index contributed by atoms with van der Waals surface area (Å²) in [6.07, 6.45) is 2.41. The number of carbonyl (C=O) groups is 2. The van der Waals surface area contributed by atoms with Gasteiger partial charge in [-0.15, -0.1) is 10.2 Å². The van der Waals surface area contributed by atoms with E-state index in [0.29, 0.717) is 59.8 Å². The lowest BCUT2D eigenvalue weighted by Gasteiger charge is -2.42. The number of nitrogens with one attached hydrogen (secondary N) is 1. The summed E-state index contributed by atoms with van der Waals surface area (Å²) < 4.78 is 61.9. The lowest BCUT2D eigenvalue weighted by molar-refractivity contribution is 0.00787. The number of hydrogen-bond acceptors (Lipinski definition) is 12. The monoisotopic (exact) mass is 1030 g/mol. The number of tetrazole rings is 1. The lowest BCUT2D eigenvalue weighted by atomic mass is 9.76. The number of rotatable bonds is 17. The molecule has 2 aliphatic rings. The SMILES string of the molecule is COc1ccc(CN(Cc2ccc(OC)cc2)S(=O)(=O)c2cc(-c3ccccc3)c(-c3nnn(Cc4ccc(OC)cc4)n3)c(CC3CCC(NC(=O)OC(C)(C)C)CC3)c2C2CN(C(=O)OC(C)(C)C)C2)cc1. The number of sulfonamides is 1. The Kier molecular flexibility index (Phi) is 16.3. The molecule has 0 atom stereocenters. The van der Waals surface area contributed by atoms with Gasteiger partial charge < -0.3 is 33.9 Å². The van der Waals surface area contributed by atoms with Crippen molar-refractivity contribution >= 4 is 22.2 Å². The highest BCUT2D eigenvalue weighted by Crippen LogP contribution is 2.47. The second-order valence-electron chi connectivity index (χ2n) is 21.2. The number of alkyl carbamates (subject to hydrolysis) is 1. The Bertz CT molecular complexity index is 2930. The van der Waals surface area contributed by atoms with Crippen LogP contribution in [-0.4, -0.2) is 102 Å². The molecule has 17 heteroatoms. The van der Waals surface area contributed by atoms with Crippen molar-refractivity contribution in [3.05, 3.63) is 137 Å². The molecule has 1 N–H and O–H groups in total. The van der Waals surface area contributed by atoms with E-state index < -0.39 is 39.3 Å². The van der Waals surface area contributed by atoms with Crippen molar-refractivity contribution in [3.8, 4) is 39.8 Å². The Morgan fingerprint density at radius 1 is 0.703 bits per heavy atom. The minimum Gasteiger partial charge on any atom is -0.497 e. The summed E-state index contributed by atoms with van der Waals surface area (Å²) in [5.41, 5.74) is 4.53. The number of ether oxygens (including phenoxy) is 5. The molecule has 1 aliphatic heterocycles. The topological polar surface area (TPSA) is 177 Å². The normalized spacial score (nSPS) is 16.3. The number of methoxy groups -OCH3 is 3. The van der Waals surface area contributed by atoms with Gasteiger partial charge in [0.1, 0.15) is 28.5 Å². The Balaban J connectivity index is 1.32. The molecule has 1 saturated heterocycles. The van der Waals surface area contributed by atoms with Crippen LogP contribution in [0.2, 0.25) is 0 Å². The first kappa shape index (κ1) is 53.3. The number of likely N-dealkylation sites (tertiary alicyclic amines) is 1. The third-order valence-electron chi connectivity index (χ3n) is 13.3. The minimum atomic E-state index is -4.42. The van der Waals surface area contributed by atoms with E-state index in [1.54, 1.807) is 37.1 Å². The predicted octanol–water partition coefficient (Wildman–Crippen LogP) is 10.4. The maximum atomic E-state index is 16.3. The second-order valence-corrected chi connectivity index (χ2v) is 23.1. The smallest absolute Gasteiger partial charge is 0.410 e. The molecule has 0 radical (unpaired) electrons. The van der Waals surface area contributed by atoms with E-state index in [0.717, 1.165) is 46.4 Å². The fourth-order valence-electron chi connectivity index (χ4n) is 9.65. The summed E-state index contributed by atoms with van der Waals surface area (Å²) in [4.78, 5) is 29.9. The lowest BCUT2D eigenvalue weighted by Crippen LogP contribution is -2.51. The molecule has 392 valence electrons. The van der Waals surface area contributed by atoms with Crippen molar-refractivity contribution < 1.29 is 41.7 Å². The van der Waals surface area contributed by atoms with E-state index >= 15 is 8.42 Å².